The van der Waals surface area contributed by atoms with Crippen LogP contribution in [0.4, 0.5) is 0 Å². The molecular weight excluding hydrogens is 438 g/mol. The Morgan fingerprint density at radius 3 is 2.27 bits per heavy atom. The molecule has 0 saturated carbocycles. The van der Waals surface area contributed by atoms with Crippen LogP contribution in [0.2, 0.25) is 0 Å². The summed E-state index contributed by atoms with van der Waals surface area (Å²) in [6, 6.07) is 12.1. The predicted octanol–water partition coefficient (Wildman–Crippen LogP) is 4.10. The summed E-state index contributed by atoms with van der Waals surface area (Å²) in [5.41, 5.74) is 3.79. The van der Waals surface area contributed by atoms with Gasteiger partial charge in [0.05, 0.1) is 21.3 Å². The van der Waals surface area contributed by atoms with E-state index in [1.165, 1.54) is 16.9 Å². The summed E-state index contributed by atoms with van der Waals surface area (Å²) in [6.07, 6.45) is 0. The zero-order valence-corrected chi connectivity index (χ0v) is 20.3. The van der Waals surface area contributed by atoms with E-state index in [0.717, 1.165) is 29.2 Å². The molecule has 0 aliphatic carbocycles. The van der Waals surface area contributed by atoms with Gasteiger partial charge in [-0.1, -0.05) is 35.9 Å². The van der Waals surface area contributed by atoms with Gasteiger partial charge < -0.3 is 19.1 Å². The molecule has 0 bridgehead atoms. The first-order valence-corrected chi connectivity index (χ1v) is 11.7. The molecule has 33 heavy (non-hydrogen) atoms. The van der Waals surface area contributed by atoms with Crippen LogP contribution < -0.4 is 14.2 Å². The Labute approximate surface area is 198 Å². The Kier molecular flexibility index (Phi) is 7.15. The van der Waals surface area contributed by atoms with Crippen LogP contribution in [-0.2, 0) is 6.54 Å². The Hall–Kier alpha value is -3.10. The van der Waals surface area contributed by atoms with Gasteiger partial charge in [-0.25, -0.2) is 4.98 Å². The summed E-state index contributed by atoms with van der Waals surface area (Å²) in [5, 5.41) is 2.73. The van der Waals surface area contributed by atoms with Crippen molar-refractivity contribution in [2.75, 3.05) is 47.5 Å². The third-order valence-corrected chi connectivity index (χ3v) is 6.75. The summed E-state index contributed by atoms with van der Waals surface area (Å²) in [4.78, 5) is 21.8. The van der Waals surface area contributed by atoms with Crippen LogP contribution >= 0.6 is 11.3 Å². The van der Waals surface area contributed by atoms with Crippen molar-refractivity contribution >= 4 is 17.2 Å². The molecule has 8 heteroatoms. The molecule has 0 N–H and O–H groups in total. The summed E-state index contributed by atoms with van der Waals surface area (Å²) >= 11 is 1.51. The minimum absolute atomic E-state index is 0.00652. The zero-order valence-electron chi connectivity index (χ0n) is 19.5. The fraction of sp³-hybridized carbons (Fsp3) is 0.360. The maximum Gasteiger partial charge on any atom is 0.273 e. The molecule has 3 aromatic rings. The molecule has 0 radical (unpaired) electrons. The highest BCUT2D eigenvalue weighted by Crippen LogP contribution is 2.40. The molecular formula is C25H29N3O4S. The minimum atomic E-state index is -0.00652. The zero-order chi connectivity index (χ0) is 23.4. The number of rotatable bonds is 7. The molecule has 2 heterocycles. The van der Waals surface area contributed by atoms with Gasteiger partial charge in [0, 0.05) is 49.2 Å². The molecule has 1 fully saturated rings. The number of amides is 1. The van der Waals surface area contributed by atoms with Gasteiger partial charge in [0.1, 0.15) is 10.7 Å². The van der Waals surface area contributed by atoms with Crippen molar-refractivity contribution in [1.29, 1.82) is 0 Å². The molecule has 1 aromatic heterocycles. The number of aromatic nitrogens is 1. The fourth-order valence-electron chi connectivity index (χ4n) is 4.00. The number of hydrogen-bond acceptors (Lipinski definition) is 7. The lowest BCUT2D eigenvalue weighted by atomic mass is 10.1. The van der Waals surface area contributed by atoms with E-state index in [1.54, 1.807) is 21.3 Å². The molecule has 0 atom stereocenters. The highest BCUT2D eigenvalue weighted by Gasteiger charge is 2.25. The van der Waals surface area contributed by atoms with Gasteiger partial charge in [0.2, 0.25) is 5.75 Å². The number of ether oxygens (including phenoxy) is 3. The van der Waals surface area contributed by atoms with Gasteiger partial charge in [-0.2, -0.15) is 0 Å². The van der Waals surface area contributed by atoms with E-state index in [4.69, 9.17) is 14.2 Å². The van der Waals surface area contributed by atoms with Crippen LogP contribution in [0, 0.1) is 6.92 Å². The van der Waals surface area contributed by atoms with Crippen molar-refractivity contribution in [2.45, 2.75) is 13.5 Å². The van der Waals surface area contributed by atoms with E-state index in [0.29, 0.717) is 42.6 Å². The van der Waals surface area contributed by atoms with Crippen molar-refractivity contribution in [3.05, 3.63) is 58.6 Å². The third-order valence-electron chi connectivity index (χ3n) is 5.86. The van der Waals surface area contributed by atoms with E-state index < -0.39 is 0 Å². The van der Waals surface area contributed by atoms with Gasteiger partial charge in [-0.05, 0) is 13.0 Å². The van der Waals surface area contributed by atoms with Crippen LogP contribution in [0.5, 0.6) is 17.2 Å². The van der Waals surface area contributed by atoms with Gasteiger partial charge in [-0.3, -0.25) is 9.69 Å². The summed E-state index contributed by atoms with van der Waals surface area (Å²) in [5.74, 6) is 1.91. The minimum Gasteiger partial charge on any atom is -0.493 e. The second kappa shape index (κ2) is 10.2. The van der Waals surface area contributed by atoms with Crippen LogP contribution in [0.15, 0.2) is 41.8 Å². The highest BCUT2D eigenvalue weighted by atomic mass is 32.1. The summed E-state index contributed by atoms with van der Waals surface area (Å²) in [7, 11) is 4.85. The third kappa shape index (κ3) is 4.96. The van der Waals surface area contributed by atoms with E-state index in [1.807, 2.05) is 34.5 Å². The number of carbonyl (C=O) groups is 1. The number of thiazole rings is 1. The van der Waals surface area contributed by atoms with Crippen molar-refractivity contribution in [3.8, 4) is 27.8 Å². The number of piperazine rings is 1. The van der Waals surface area contributed by atoms with Crippen LogP contribution in [0.1, 0.15) is 21.6 Å². The predicted molar refractivity (Wildman–Crippen MR) is 130 cm³/mol. The average molecular weight is 468 g/mol. The van der Waals surface area contributed by atoms with Gasteiger partial charge >= 0.3 is 0 Å². The van der Waals surface area contributed by atoms with Gasteiger partial charge in [0.25, 0.3) is 5.91 Å². The molecule has 1 aliphatic rings. The first-order valence-electron chi connectivity index (χ1n) is 10.9. The first kappa shape index (κ1) is 23.1. The summed E-state index contributed by atoms with van der Waals surface area (Å²) in [6.45, 7) is 5.63. The van der Waals surface area contributed by atoms with E-state index >= 15 is 0 Å². The van der Waals surface area contributed by atoms with E-state index in [2.05, 4.69) is 28.9 Å². The normalized spacial score (nSPS) is 14.2. The maximum atomic E-state index is 13.0. The lowest BCUT2D eigenvalue weighted by Crippen LogP contribution is -2.48. The monoisotopic (exact) mass is 467 g/mol. The number of nitrogens with zero attached hydrogens (tertiary/aromatic N) is 3. The SMILES string of the molecule is COc1ccc(CN2CCN(C(=O)c3csc(-c4ccc(C)cc4)n3)CC2)c(OC)c1OC. The summed E-state index contributed by atoms with van der Waals surface area (Å²) < 4.78 is 16.5. The number of carbonyl (C=O) groups excluding carboxylic acids is 1. The fourth-order valence-corrected chi connectivity index (χ4v) is 4.80. The van der Waals surface area contributed by atoms with Crippen LogP contribution in [-0.4, -0.2) is 68.2 Å². The van der Waals surface area contributed by atoms with Gasteiger partial charge in [0.15, 0.2) is 11.5 Å². The number of hydrogen-bond donors (Lipinski definition) is 0. The topological polar surface area (TPSA) is 64.1 Å². The largest absolute Gasteiger partial charge is 0.493 e. The van der Waals surface area contributed by atoms with Crippen molar-refractivity contribution in [1.82, 2.24) is 14.8 Å². The lowest BCUT2D eigenvalue weighted by molar-refractivity contribution is 0.0622. The molecule has 1 aliphatic heterocycles. The van der Waals surface area contributed by atoms with Crippen molar-refractivity contribution < 1.29 is 19.0 Å². The molecule has 0 unspecified atom stereocenters. The standard InChI is InChI=1S/C25H29N3O4S/c1-17-5-7-18(8-6-17)24-26-20(16-33-24)25(29)28-13-11-27(12-14-28)15-19-9-10-21(30-2)23(32-4)22(19)31-3/h5-10,16H,11-15H2,1-4H3. The highest BCUT2D eigenvalue weighted by molar-refractivity contribution is 7.13. The van der Waals surface area contributed by atoms with Crippen molar-refractivity contribution in [3.63, 3.8) is 0 Å². The first-order chi connectivity index (χ1) is 16.0. The van der Waals surface area contributed by atoms with Crippen LogP contribution in [0.25, 0.3) is 10.6 Å². The molecule has 1 amide bonds. The number of methoxy groups -OCH3 is 3. The van der Waals surface area contributed by atoms with E-state index in [9.17, 15) is 4.79 Å². The molecule has 7 nitrogen and oxygen atoms in total. The Morgan fingerprint density at radius 1 is 0.939 bits per heavy atom. The Balaban J connectivity index is 1.38. The average Bonchev–Trinajstić information content (AvgIpc) is 3.34. The molecule has 4 rings (SSSR count). The van der Waals surface area contributed by atoms with E-state index in [-0.39, 0.29) is 5.91 Å². The quantitative estimate of drug-likeness (QED) is 0.521. The number of aryl methyl sites for hydroxylation is 1. The van der Waals surface area contributed by atoms with Crippen LogP contribution in [0.3, 0.4) is 0 Å². The maximum absolute atomic E-state index is 13.0. The Bertz CT molecular complexity index is 1110. The second-order valence-corrected chi connectivity index (χ2v) is 8.82. The second-order valence-electron chi connectivity index (χ2n) is 7.97. The molecule has 1 saturated heterocycles. The molecule has 2 aromatic carbocycles. The Morgan fingerprint density at radius 2 is 1.64 bits per heavy atom. The smallest absolute Gasteiger partial charge is 0.273 e. The number of benzene rings is 2. The molecule has 174 valence electrons. The molecule has 0 spiro atoms. The lowest BCUT2D eigenvalue weighted by Gasteiger charge is -2.34. The van der Waals surface area contributed by atoms with Crippen molar-refractivity contribution in [2.24, 2.45) is 0 Å². The van der Waals surface area contributed by atoms with Gasteiger partial charge in [-0.15, -0.1) is 11.3 Å².